The van der Waals surface area contributed by atoms with Gasteiger partial charge in [0.05, 0.1) is 5.69 Å². The number of halogens is 1. The van der Waals surface area contributed by atoms with Gasteiger partial charge in [0, 0.05) is 17.5 Å². The molecule has 2 fully saturated rings. The van der Waals surface area contributed by atoms with E-state index in [4.69, 9.17) is 11.6 Å². The number of rotatable bonds is 2. The highest BCUT2D eigenvalue weighted by Gasteiger charge is 2.68. The number of hydrogen-bond donors (Lipinski definition) is 2. The van der Waals surface area contributed by atoms with Crippen molar-refractivity contribution in [2.45, 2.75) is 33.1 Å². The van der Waals surface area contributed by atoms with Crippen LogP contribution in [-0.4, -0.2) is 16.8 Å². The average molecular weight is 308 g/mol. The van der Waals surface area contributed by atoms with Gasteiger partial charge in [-0.25, -0.2) is 0 Å². The molecule has 0 saturated heterocycles. The Morgan fingerprint density at radius 1 is 1.43 bits per heavy atom. The molecule has 0 aromatic heterocycles. The van der Waals surface area contributed by atoms with E-state index in [2.05, 4.69) is 5.32 Å². The number of ketones is 1. The Hall–Kier alpha value is -1.55. The molecule has 0 radical (unpaired) electrons. The summed E-state index contributed by atoms with van der Waals surface area (Å²) < 4.78 is 0. The number of fused-ring (bicyclic) bond motifs is 2. The lowest BCUT2D eigenvalue weighted by atomic mass is 9.68. The van der Waals surface area contributed by atoms with Gasteiger partial charge in [0.15, 0.2) is 0 Å². The molecule has 0 aliphatic heterocycles. The van der Waals surface area contributed by atoms with Gasteiger partial charge in [0.25, 0.3) is 0 Å². The molecular formula is C16H18ClNO3. The van der Waals surface area contributed by atoms with Crippen LogP contribution in [0.5, 0.6) is 5.75 Å². The minimum Gasteiger partial charge on any atom is -0.506 e. The lowest BCUT2D eigenvalue weighted by molar-refractivity contribution is -0.141. The van der Waals surface area contributed by atoms with Gasteiger partial charge in [0.2, 0.25) is 5.91 Å². The molecule has 0 heterocycles. The zero-order valence-corrected chi connectivity index (χ0v) is 12.8. The highest BCUT2D eigenvalue weighted by molar-refractivity contribution is 6.30. The first-order valence-electron chi connectivity index (χ1n) is 7.12. The van der Waals surface area contributed by atoms with Crippen molar-refractivity contribution in [1.82, 2.24) is 0 Å². The Kier molecular flexibility index (Phi) is 3.06. The van der Waals surface area contributed by atoms with Gasteiger partial charge in [-0.15, -0.1) is 0 Å². The molecule has 0 spiro atoms. The van der Waals surface area contributed by atoms with E-state index in [0.29, 0.717) is 17.9 Å². The summed E-state index contributed by atoms with van der Waals surface area (Å²) in [5, 5.41) is 13.0. The summed E-state index contributed by atoms with van der Waals surface area (Å²) in [4.78, 5) is 25.2. The quantitative estimate of drug-likeness (QED) is 0.650. The van der Waals surface area contributed by atoms with Crippen molar-refractivity contribution in [2.75, 3.05) is 5.32 Å². The molecule has 2 bridgehead atoms. The number of aromatic hydroxyl groups is 1. The van der Waals surface area contributed by atoms with Gasteiger partial charge in [-0.2, -0.15) is 0 Å². The van der Waals surface area contributed by atoms with Gasteiger partial charge >= 0.3 is 0 Å². The second kappa shape index (κ2) is 4.47. The second-order valence-corrected chi connectivity index (χ2v) is 7.04. The third kappa shape index (κ3) is 1.81. The number of nitrogens with one attached hydrogen (secondary N) is 1. The third-order valence-electron chi connectivity index (χ3n) is 5.49. The predicted molar refractivity (Wildman–Crippen MR) is 80.3 cm³/mol. The van der Waals surface area contributed by atoms with Crippen molar-refractivity contribution in [1.29, 1.82) is 0 Å². The molecule has 1 aromatic rings. The van der Waals surface area contributed by atoms with Crippen LogP contribution in [0.3, 0.4) is 0 Å². The molecule has 2 N–H and O–H groups in total. The summed E-state index contributed by atoms with van der Waals surface area (Å²) in [6, 6.07) is 4.51. The maximum Gasteiger partial charge on any atom is 0.238 e. The topological polar surface area (TPSA) is 66.4 Å². The normalized spacial score (nSPS) is 29.7. The Morgan fingerprint density at radius 2 is 2.14 bits per heavy atom. The second-order valence-electron chi connectivity index (χ2n) is 6.61. The number of hydrogen-bond acceptors (Lipinski definition) is 3. The third-order valence-corrected chi connectivity index (χ3v) is 5.73. The maximum absolute atomic E-state index is 12.8. The average Bonchev–Trinajstić information content (AvgIpc) is 2.76. The monoisotopic (exact) mass is 307 g/mol. The van der Waals surface area contributed by atoms with Crippen molar-refractivity contribution >= 4 is 29.0 Å². The van der Waals surface area contributed by atoms with Crippen LogP contribution in [0.15, 0.2) is 18.2 Å². The molecule has 1 aromatic carbocycles. The van der Waals surface area contributed by atoms with Crippen molar-refractivity contribution in [3.8, 4) is 5.75 Å². The largest absolute Gasteiger partial charge is 0.506 e. The molecule has 3 rings (SSSR count). The maximum atomic E-state index is 12.8. The number of phenolic OH excluding ortho intramolecular Hbond substituents is 1. The van der Waals surface area contributed by atoms with Gasteiger partial charge < -0.3 is 10.4 Å². The summed E-state index contributed by atoms with van der Waals surface area (Å²) in [5.74, 6) is -0.107. The van der Waals surface area contributed by atoms with E-state index in [0.717, 1.165) is 6.42 Å². The first-order valence-corrected chi connectivity index (χ1v) is 7.50. The predicted octanol–water partition coefficient (Wildman–Crippen LogP) is 3.38. The van der Waals surface area contributed by atoms with Crippen molar-refractivity contribution in [3.63, 3.8) is 0 Å². The highest BCUT2D eigenvalue weighted by atomic mass is 35.5. The summed E-state index contributed by atoms with van der Waals surface area (Å²) >= 11 is 5.78. The van der Waals surface area contributed by atoms with E-state index in [-0.39, 0.29) is 34.5 Å². The molecule has 2 aliphatic rings. The van der Waals surface area contributed by atoms with E-state index in [9.17, 15) is 14.7 Å². The van der Waals surface area contributed by atoms with Crippen LogP contribution < -0.4 is 5.32 Å². The number of anilines is 1. The standard InChI is InChI=1S/C16H18ClNO3/c1-15(2)9-5-6-16(15,13(20)7-9)14(21)18-11-4-3-10(17)8-12(11)19/h3-4,8-9,19H,5-7H2,1-2H3,(H,18,21). The number of phenols is 1. The summed E-state index contributed by atoms with van der Waals surface area (Å²) in [6.45, 7) is 3.99. The number of carbonyl (C=O) groups is 2. The minimum absolute atomic E-state index is 0.0229. The molecule has 2 atom stereocenters. The van der Waals surface area contributed by atoms with Crippen LogP contribution in [-0.2, 0) is 9.59 Å². The molecule has 112 valence electrons. The molecule has 21 heavy (non-hydrogen) atoms. The Balaban J connectivity index is 1.93. The van der Waals surface area contributed by atoms with Crippen LogP contribution in [0.2, 0.25) is 5.02 Å². The van der Waals surface area contributed by atoms with Gasteiger partial charge in [0.1, 0.15) is 16.9 Å². The zero-order valence-electron chi connectivity index (χ0n) is 12.1. The van der Waals surface area contributed by atoms with Crippen molar-refractivity contribution < 1.29 is 14.7 Å². The molecule has 2 saturated carbocycles. The fourth-order valence-electron chi connectivity index (χ4n) is 4.05. The summed E-state index contributed by atoms with van der Waals surface area (Å²) in [7, 11) is 0. The van der Waals surface area contributed by atoms with E-state index < -0.39 is 5.41 Å². The smallest absolute Gasteiger partial charge is 0.238 e. The molecule has 2 unspecified atom stereocenters. The molecule has 2 aliphatic carbocycles. The first-order chi connectivity index (χ1) is 9.79. The van der Waals surface area contributed by atoms with E-state index >= 15 is 0 Å². The first kappa shape index (κ1) is 14.4. The van der Waals surface area contributed by atoms with E-state index in [1.54, 1.807) is 12.1 Å². The van der Waals surface area contributed by atoms with Gasteiger partial charge in [-0.1, -0.05) is 25.4 Å². The molecule has 5 heteroatoms. The van der Waals surface area contributed by atoms with Crippen molar-refractivity contribution in [2.24, 2.45) is 16.7 Å². The minimum atomic E-state index is -0.969. The number of amides is 1. The van der Waals surface area contributed by atoms with Crippen LogP contribution in [0, 0.1) is 16.7 Å². The Labute approximate surface area is 128 Å². The molecule has 4 nitrogen and oxygen atoms in total. The summed E-state index contributed by atoms with van der Waals surface area (Å²) in [5.41, 5.74) is -1.02. The van der Waals surface area contributed by atoms with E-state index in [1.807, 2.05) is 13.8 Å². The lowest BCUT2D eigenvalue weighted by Gasteiger charge is -2.34. The van der Waals surface area contributed by atoms with Crippen LogP contribution in [0.1, 0.15) is 33.1 Å². The van der Waals surface area contributed by atoms with Gasteiger partial charge in [-0.3, -0.25) is 9.59 Å². The number of benzene rings is 1. The van der Waals surface area contributed by atoms with Crippen LogP contribution in [0.25, 0.3) is 0 Å². The van der Waals surface area contributed by atoms with Gasteiger partial charge in [-0.05, 0) is 36.3 Å². The van der Waals surface area contributed by atoms with Crippen LogP contribution in [0.4, 0.5) is 5.69 Å². The van der Waals surface area contributed by atoms with Crippen molar-refractivity contribution in [3.05, 3.63) is 23.2 Å². The fraction of sp³-hybridized carbons (Fsp3) is 0.500. The summed E-state index contributed by atoms with van der Waals surface area (Å²) in [6.07, 6.45) is 1.97. The fourth-order valence-corrected chi connectivity index (χ4v) is 4.21. The highest BCUT2D eigenvalue weighted by Crippen LogP contribution is 2.64. The lowest BCUT2D eigenvalue weighted by Crippen LogP contribution is -2.46. The number of carbonyl (C=O) groups excluding carboxylic acids is 2. The van der Waals surface area contributed by atoms with Crippen LogP contribution >= 0.6 is 11.6 Å². The molecular weight excluding hydrogens is 290 g/mol. The zero-order chi connectivity index (χ0) is 15.4. The molecule has 1 amide bonds. The Morgan fingerprint density at radius 3 is 2.67 bits per heavy atom. The van der Waals surface area contributed by atoms with E-state index in [1.165, 1.54) is 6.07 Å². The number of Topliss-reactive ketones (excluding diaryl/α,β-unsaturated/α-hetero) is 1. The SMILES string of the molecule is CC1(C)C2CCC1(C(=O)Nc1ccc(Cl)cc1O)C(=O)C2. The Bertz CT molecular complexity index is 640.